The Morgan fingerprint density at radius 1 is 1.13 bits per heavy atom. The molecule has 0 atom stereocenters. The summed E-state index contributed by atoms with van der Waals surface area (Å²) in [5, 5.41) is 13.2. The minimum atomic E-state index is -0.157. The van der Waals surface area contributed by atoms with Crippen molar-refractivity contribution in [1.82, 2.24) is 9.55 Å². The highest BCUT2D eigenvalue weighted by atomic mass is 16.3. The molecule has 0 unspecified atom stereocenters. The lowest BCUT2D eigenvalue weighted by atomic mass is 10.1. The van der Waals surface area contributed by atoms with E-state index in [1.54, 1.807) is 10.6 Å². The van der Waals surface area contributed by atoms with Crippen LogP contribution >= 0.6 is 0 Å². The van der Waals surface area contributed by atoms with Crippen LogP contribution in [0.3, 0.4) is 0 Å². The molecule has 3 rings (SSSR count). The number of hydrogen-bond acceptors (Lipinski definition) is 4. The average Bonchev–Trinajstić information content (AvgIpc) is 2.55. The molecule has 0 radical (unpaired) electrons. The van der Waals surface area contributed by atoms with Gasteiger partial charge in [0.25, 0.3) is 5.56 Å². The molecule has 1 heterocycles. The van der Waals surface area contributed by atoms with Gasteiger partial charge in [-0.1, -0.05) is 19.1 Å². The highest BCUT2D eigenvalue weighted by molar-refractivity contribution is 5.80. The molecule has 0 aliphatic carbocycles. The van der Waals surface area contributed by atoms with Crippen molar-refractivity contribution in [2.75, 3.05) is 11.9 Å². The lowest BCUT2D eigenvalue weighted by Gasteiger charge is -2.14. The van der Waals surface area contributed by atoms with Crippen molar-refractivity contribution in [1.29, 1.82) is 0 Å². The van der Waals surface area contributed by atoms with Crippen LogP contribution in [-0.2, 0) is 6.42 Å². The molecule has 0 aliphatic rings. The number of aryl methyl sites for hydroxylation is 1. The van der Waals surface area contributed by atoms with Crippen LogP contribution in [0.1, 0.15) is 19.4 Å². The molecule has 0 bridgehead atoms. The van der Waals surface area contributed by atoms with Crippen molar-refractivity contribution in [2.24, 2.45) is 0 Å². The predicted octanol–water partition coefficient (Wildman–Crippen LogP) is 3.09. The smallest absolute Gasteiger partial charge is 0.267 e. The summed E-state index contributed by atoms with van der Waals surface area (Å²) in [7, 11) is 0. The van der Waals surface area contributed by atoms with Crippen molar-refractivity contribution in [3.8, 4) is 11.4 Å². The van der Waals surface area contributed by atoms with E-state index < -0.39 is 0 Å². The summed E-state index contributed by atoms with van der Waals surface area (Å²) in [6.45, 7) is 4.68. The summed E-state index contributed by atoms with van der Waals surface area (Å²) in [5.41, 5.74) is 2.30. The SMILES string of the molecule is CCNc1nc2cc(O)ccc2c(=O)n1-c1ccc(CC)cc1. The predicted molar refractivity (Wildman–Crippen MR) is 92.5 cm³/mol. The Bertz CT molecular complexity index is 899. The summed E-state index contributed by atoms with van der Waals surface area (Å²) in [6, 6.07) is 12.5. The molecule has 0 spiro atoms. The Balaban J connectivity index is 2.28. The van der Waals surface area contributed by atoms with Crippen molar-refractivity contribution < 1.29 is 5.11 Å². The van der Waals surface area contributed by atoms with E-state index in [9.17, 15) is 9.90 Å². The van der Waals surface area contributed by atoms with E-state index in [0.717, 1.165) is 12.1 Å². The van der Waals surface area contributed by atoms with Crippen molar-refractivity contribution in [3.05, 3.63) is 58.4 Å². The molecular weight excluding hydrogens is 290 g/mol. The van der Waals surface area contributed by atoms with E-state index in [4.69, 9.17) is 0 Å². The summed E-state index contributed by atoms with van der Waals surface area (Å²) >= 11 is 0. The summed E-state index contributed by atoms with van der Waals surface area (Å²) in [5.74, 6) is 0.566. The summed E-state index contributed by atoms with van der Waals surface area (Å²) < 4.78 is 1.57. The first-order chi connectivity index (χ1) is 11.1. The first-order valence-corrected chi connectivity index (χ1v) is 7.73. The van der Waals surface area contributed by atoms with Crippen molar-refractivity contribution in [3.63, 3.8) is 0 Å². The fourth-order valence-electron chi connectivity index (χ4n) is 2.57. The molecule has 0 aliphatic heterocycles. The first kappa shape index (κ1) is 15.1. The number of anilines is 1. The Morgan fingerprint density at radius 2 is 1.87 bits per heavy atom. The molecule has 2 N–H and O–H groups in total. The van der Waals surface area contributed by atoms with Crippen LogP contribution < -0.4 is 10.9 Å². The van der Waals surface area contributed by atoms with Gasteiger partial charge in [-0.2, -0.15) is 0 Å². The number of aromatic nitrogens is 2. The third-order valence-electron chi connectivity index (χ3n) is 3.79. The minimum Gasteiger partial charge on any atom is -0.508 e. The molecule has 118 valence electrons. The number of phenols is 1. The minimum absolute atomic E-state index is 0.0943. The van der Waals surface area contributed by atoms with Gasteiger partial charge < -0.3 is 10.4 Å². The Morgan fingerprint density at radius 3 is 2.52 bits per heavy atom. The van der Waals surface area contributed by atoms with Crippen LogP contribution in [-0.4, -0.2) is 21.2 Å². The van der Waals surface area contributed by atoms with E-state index in [1.807, 2.05) is 31.2 Å². The van der Waals surface area contributed by atoms with Gasteiger partial charge in [-0.3, -0.25) is 4.79 Å². The topological polar surface area (TPSA) is 67.2 Å². The molecule has 0 fully saturated rings. The molecule has 0 saturated heterocycles. The maximum Gasteiger partial charge on any atom is 0.267 e. The van der Waals surface area contributed by atoms with Gasteiger partial charge in [0, 0.05) is 12.6 Å². The van der Waals surface area contributed by atoms with E-state index in [1.165, 1.54) is 17.7 Å². The number of nitrogens with zero attached hydrogens (tertiary/aromatic N) is 2. The van der Waals surface area contributed by atoms with Crippen molar-refractivity contribution >= 4 is 16.9 Å². The highest BCUT2D eigenvalue weighted by Gasteiger charge is 2.12. The molecule has 5 nitrogen and oxygen atoms in total. The first-order valence-electron chi connectivity index (χ1n) is 7.73. The molecule has 3 aromatic rings. The third kappa shape index (κ3) is 2.77. The highest BCUT2D eigenvalue weighted by Crippen LogP contribution is 2.20. The fourth-order valence-corrected chi connectivity index (χ4v) is 2.57. The van der Waals surface area contributed by atoms with Gasteiger partial charge in [-0.05, 0) is 43.2 Å². The fraction of sp³-hybridized carbons (Fsp3) is 0.222. The quantitative estimate of drug-likeness (QED) is 0.777. The van der Waals surface area contributed by atoms with Gasteiger partial charge in [0.05, 0.1) is 16.6 Å². The van der Waals surface area contributed by atoms with E-state index in [2.05, 4.69) is 17.2 Å². The van der Waals surface area contributed by atoms with Crippen LogP contribution in [0.15, 0.2) is 47.3 Å². The maximum absolute atomic E-state index is 12.9. The number of phenolic OH excluding ortho intramolecular Hbond substituents is 1. The standard InChI is InChI=1S/C18H19N3O2/c1-3-12-5-7-13(8-6-12)21-17(23)15-10-9-14(22)11-16(15)20-18(21)19-4-2/h5-11,22H,3-4H2,1-2H3,(H,19,20). The third-order valence-corrected chi connectivity index (χ3v) is 3.79. The van der Waals surface area contributed by atoms with Gasteiger partial charge >= 0.3 is 0 Å². The lowest BCUT2D eigenvalue weighted by Crippen LogP contribution is -2.23. The van der Waals surface area contributed by atoms with Crippen LogP contribution in [0.2, 0.25) is 0 Å². The number of nitrogens with one attached hydrogen (secondary N) is 1. The molecule has 0 saturated carbocycles. The van der Waals surface area contributed by atoms with Gasteiger partial charge in [0.15, 0.2) is 0 Å². The largest absolute Gasteiger partial charge is 0.508 e. The second-order valence-electron chi connectivity index (χ2n) is 5.33. The number of hydrogen-bond donors (Lipinski definition) is 2. The van der Waals surface area contributed by atoms with Crippen LogP contribution in [0, 0.1) is 0 Å². The lowest BCUT2D eigenvalue weighted by molar-refractivity contribution is 0.476. The molecule has 1 aromatic heterocycles. The molecule has 23 heavy (non-hydrogen) atoms. The van der Waals surface area contributed by atoms with Gasteiger partial charge in [0.2, 0.25) is 5.95 Å². The Hall–Kier alpha value is -2.82. The number of benzene rings is 2. The molecule has 0 amide bonds. The van der Waals surface area contributed by atoms with Crippen LogP contribution in [0.5, 0.6) is 5.75 Å². The summed E-state index contributed by atoms with van der Waals surface area (Å²) in [6.07, 6.45) is 0.949. The monoisotopic (exact) mass is 309 g/mol. The second-order valence-corrected chi connectivity index (χ2v) is 5.33. The van der Waals surface area contributed by atoms with Gasteiger partial charge in [-0.15, -0.1) is 0 Å². The second kappa shape index (κ2) is 6.12. The molecule has 5 heteroatoms. The molecular formula is C18H19N3O2. The van der Waals surface area contributed by atoms with Crippen molar-refractivity contribution in [2.45, 2.75) is 20.3 Å². The van der Waals surface area contributed by atoms with E-state index in [0.29, 0.717) is 23.4 Å². The van der Waals surface area contributed by atoms with Crippen LogP contribution in [0.4, 0.5) is 5.95 Å². The maximum atomic E-state index is 12.9. The van der Waals surface area contributed by atoms with E-state index in [-0.39, 0.29) is 11.3 Å². The zero-order valence-electron chi connectivity index (χ0n) is 13.2. The van der Waals surface area contributed by atoms with Crippen LogP contribution in [0.25, 0.3) is 16.6 Å². The van der Waals surface area contributed by atoms with Gasteiger partial charge in [-0.25, -0.2) is 9.55 Å². The zero-order valence-corrected chi connectivity index (χ0v) is 13.2. The Labute approximate surface area is 134 Å². The summed E-state index contributed by atoms with van der Waals surface area (Å²) in [4.78, 5) is 17.4. The Kier molecular flexibility index (Phi) is 4.02. The number of aromatic hydroxyl groups is 1. The zero-order chi connectivity index (χ0) is 16.4. The normalized spacial score (nSPS) is 10.9. The average molecular weight is 309 g/mol. The van der Waals surface area contributed by atoms with E-state index >= 15 is 0 Å². The number of fused-ring (bicyclic) bond motifs is 1. The number of rotatable bonds is 4. The molecule has 2 aromatic carbocycles. The van der Waals surface area contributed by atoms with Gasteiger partial charge in [0.1, 0.15) is 5.75 Å².